The van der Waals surface area contributed by atoms with Crippen LogP contribution in [0.5, 0.6) is 0 Å². The van der Waals surface area contributed by atoms with Crippen molar-refractivity contribution in [2.75, 3.05) is 0 Å². The molecule has 2 rings (SSSR count). The van der Waals surface area contributed by atoms with Gasteiger partial charge in [0.1, 0.15) is 11.9 Å². The van der Waals surface area contributed by atoms with Gasteiger partial charge in [0, 0.05) is 10.6 Å². The molecule has 1 atom stereocenters. The van der Waals surface area contributed by atoms with E-state index < -0.39 is 29.6 Å². The van der Waals surface area contributed by atoms with Crippen molar-refractivity contribution in [2.45, 2.75) is 26.3 Å². The first-order chi connectivity index (χ1) is 13.3. The Balaban J connectivity index is 2.02. The van der Waals surface area contributed by atoms with E-state index >= 15 is 0 Å². The van der Waals surface area contributed by atoms with Gasteiger partial charge >= 0.3 is 0 Å². The first-order valence-electron chi connectivity index (χ1n) is 8.69. The summed E-state index contributed by atoms with van der Waals surface area (Å²) in [4.78, 5) is 36.9. The van der Waals surface area contributed by atoms with Crippen LogP contribution >= 0.6 is 11.6 Å². The van der Waals surface area contributed by atoms with Gasteiger partial charge < -0.3 is 5.32 Å². The zero-order valence-electron chi connectivity index (χ0n) is 15.5. The summed E-state index contributed by atoms with van der Waals surface area (Å²) in [6, 6.07) is 10.7. The number of amides is 3. The Kier molecular flexibility index (Phi) is 7.52. The number of nitrogens with one attached hydrogen (secondary N) is 3. The second-order valence-corrected chi connectivity index (χ2v) is 7.02. The van der Waals surface area contributed by atoms with Crippen LogP contribution in [-0.4, -0.2) is 23.8 Å². The van der Waals surface area contributed by atoms with Crippen LogP contribution in [0, 0.1) is 11.7 Å². The number of carbonyl (C=O) groups is 3. The highest BCUT2D eigenvalue weighted by molar-refractivity contribution is 6.30. The van der Waals surface area contributed by atoms with Crippen molar-refractivity contribution in [2.24, 2.45) is 5.92 Å². The molecule has 0 aromatic heterocycles. The Hall–Kier alpha value is -2.93. The molecule has 0 fully saturated rings. The predicted octanol–water partition coefficient (Wildman–Crippen LogP) is 3.08. The molecule has 0 heterocycles. The van der Waals surface area contributed by atoms with Gasteiger partial charge in [-0.1, -0.05) is 37.6 Å². The van der Waals surface area contributed by atoms with Crippen LogP contribution in [0.3, 0.4) is 0 Å². The molecule has 0 aliphatic carbocycles. The molecule has 6 nitrogen and oxygen atoms in total. The minimum absolute atomic E-state index is 0.100. The number of hydrogen-bond donors (Lipinski definition) is 3. The number of benzene rings is 2. The van der Waals surface area contributed by atoms with Gasteiger partial charge in [0.2, 0.25) is 0 Å². The predicted molar refractivity (Wildman–Crippen MR) is 104 cm³/mol. The third kappa shape index (κ3) is 6.06. The molecule has 3 N–H and O–H groups in total. The van der Waals surface area contributed by atoms with E-state index in [-0.39, 0.29) is 11.5 Å². The van der Waals surface area contributed by atoms with Crippen LogP contribution in [0.2, 0.25) is 5.02 Å². The summed E-state index contributed by atoms with van der Waals surface area (Å²) in [5, 5.41) is 3.13. The van der Waals surface area contributed by atoms with Gasteiger partial charge in [-0.3, -0.25) is 25.2 Å². The Morgan fingerprint density at radius 2 is 1.61 bits per heavy atom. The van der Waals surface area contributed by atoms with Crippen LogP contribution < -0.4 is 16.2 Å². The number of halogens is 2. The molecule has 148 valence electrons. The Morgan fingerprint density at radius 1 is 0.964 bits per heavy atom. The van der Waals surface area contributed by atoms with E-state index in [4.69, 9.17) is 11.6 Å². The number of rotatable bonds is 6. The monoisotopic (exact) mass is 405 g/mol. The largest absolute Gasteiger partial charge is 0.340 e. The molecule has 2 aromatic rings. The average Bonchev–Trinajstić information content (AvgIpc) is 2.65. The molecule has 0 bridgehead atoms. The molecule has 8 heteroatoms. The summed E-state index contributed by atoms with van der Waals surface area (Å²) >= 11 is 5.81. The summed E-state index contributed by atoms with van der Waals surface area (Å²) in [6.45, 7) is 3.79. The van der Waals surface area contributed by atoms with Crippen molar-refractivity contribution >= 4 is 29.3 Å². The quantitative estimate of drug-likeness (QED) is 0.645. The molecular weight excluding hydrogens is 385 g/mol. The van der Waals surface area contributed by atoms with Crippen molar-refractivity contribution in [1.29, 1.82) is 0 Å². The SMILES string of the molecule is CC(C)C[C@@H](NC(=O)c1ccc(Cl)cc1)C(=O)NNC(=O)c1ccccc1F. The number of hydrazine groups is 1. The van der Waals surface area contributed by atoms with Crippen molar-refractivity contribution in [3.63, 3.8) is 0 Å². The minimum atomic E-state index is -0.885. The van der Waals surface area contributed by atoms with Gasteiger partial charge in [0.15, 0.2) is 0 Å². The van der Waals surface area contributed by atoms with Crippen LogP contribution in [0.15, 0.2) is 48.5 Å². The molecule has 0 radical (unpaired) electrons. The van der Waals surface area contributed by atoms with Gasteiger partial charge in [-0.05, 0) is 48.7 Å². The third-order valence-corrected chi connectivity index (χ3v) is 4.11. The number of hydrogen-bond acceptors (Lipinski definition) is 3. The lowest BCUT2D eigenvalue weighted by atomic mass is 10.0. The van der Waals surface area contributed by atoms with Gasteiger partial charge in [0.05, 0.1) is 5.56 Å². The maximum Gasteiger partial charge on any atom is 0.272 e. The van der Waals surface area contributed by atoms with E-state index in [0.29, 0.717) is 17.0 Å². The van der Waals surface area contributed by atoms with Crippen molar-refractivity contribution in [3.05, 3.63) is 70.5 Å². The highest BCUT2D eigenvalue weighted by Gasteiger charge is 2.23. The topological polar surface area (TPSA) is 87.3 Å². The van der Waals surface area contributed by atoms with Crippen LogP contribution in [0.4, 0.5) is 4.39 Å². The summed E-state index contributed by atoms with van der Waals surface area (Å²) in [7, 11) is 0. The van der Waals surface area contributed by atoms with E-state index in [1.165, 1.54) is 18.2 Å². The summed E-state index contributed by atoms with van der Waals surface area (Å²) in [5.74, 6) is -2.45. The number of carbonyl (C=O) groups excluding carboxylic acids is 3. The van der Waals surface area contributed by atoms with E-state index in [2.05, 4.69) is 16.2 Å². The Bertz CT molecular complexity index is 856. The lowest BCUT2D eigenvalue weighted by Gasteiger charge is -2.20. The molecule has 0 unspecified atom stereocenters. The molecule has 28 heavy (non-hydrogen) atoms. The first kappa shape index (κ1) is 21.4. The van der Waals surface area contributed by atoms with Crippen molar-refractivity contribution < 1.29 is 18.8 Å². The molecule has 0 aliphatic heterocycles. The molecule has 3 amide bonds. The fraction of sp³-hybridized carbons (Fsp3) is 0.250. The second kappa shape index (κ2) is 9.85. The lowest BCUT2D eigenvalue weighted by molar-refractivity contribution is -0.124. The van der Waals surface area contributed by atoms with E-state index in [9.17, 15) is 18.8 Å². The van der Waals surface area contributed by atoms with Gasteiger partial charge in [-0.25, -0.2) is 4.39 Å². The van der Waals surface area contributed by atoms with Crippen molar-refractivity contribution in [1.82, 2.24) is 16.2 Å². The van der Waals surface area contributed by atoms with Crippen molar-refractivity contribution in [3.8, 4) is 0 Å². The first-order valence-corrected chi connectivity index (χ1v) is 9.07. The fourth-order valence-electron chi connectivity index (χ4n) is 2.46. The van der Waals surface area contributed by atoms with Gasteiger partial charge in [-0.2, -0.15) is 0 Å². The Labute approximate surface area is 167 Å². The van der Waals surface area contributed by atoms with Gasteiger partial charge in [0.25, 0.3) is 17.7 Å². The average molecular weight is 406 g/mol. The van der Waals surface area contributed by atoms with E-state index in [1.54, 1.807) is 24.3 Å². The Morgan fingerprint density at radius 3 is 2.21 bits per heavy atom. The third-order valence-electron chi connectivity index (χ3n) is 3.85. The minimum Gasteiger partial charge on any atom is -0.340 e. The molecule has 0 spiro atoms. The maximum atomic E-state index is 13.6. The molecule has 2 aromatic carbocycles. The van der Waals surface area contributed by atoms with E-state index in [1.807, 2.05) is 13.8 Å². The zero-order valence-corrected chi connectivity index (χ0v) is 16.2. The highest BCUT2D eigenvalue weighted by atomic mass is 35.5. The standard InChI is InChI=1S/C20H21ClFN3O3/c1-12(2)11-17(23-18(26)13-7-9-14(21)10-8-13)20(28)25-24-19(27)15-5-3-4-6-16(15)22/h3-10,12,17H,11H2,1-2H3,(H,23,26)(H,24,27)(H,25,28)/t17-/m1/s1. The smallest absolute Gasteiger partial charge is 0.272 e. The van der Waals surface area contributed by atoms with E-state index in [0.717, 1.165) is 6.07 Å². The summed E-state index contributed by atoms with van der Waals surface area (Å²) in [6.07, 6.45) is 0.348. The normalized spacial score (nSPS) is 11.6. The highest BCUT2D eigenvalue weighted by Crippen LogP contribution is 2.11. The summed E-state index contributed by atoms with van der Waals surface area (Å²) < 4.78 is 13.6. The summed E-state index contributed by atoms with van der Waals surface area (Å²) in [5.41, 5.74) is 4.55. The molecule has 0 saturated heterocycles. The molecule has 0 aliphatic rings. The zero-order chi connectivity index (χ0) is 20.7. The van der Waals surface area contributed by atoms with Crippen LogP contribution in [0.25, 0.3) is 0 Å². The molecule has 0 saturated carbocycles. The lowest BCUT2D eigenvalue weighted by Crippen LogP contribution is -2.52. The fourth-order valence-corrected chi connectivity index (χ4v) is 2.59. The molecular formula is C20H21ClFN3O3. The maximum absolute atomic E-state index is 13.6. The van der Waals surface area contributed by atoms with Crippen LogP contribution in [-0.2, 0) is 4.79 Å². The van der Waals surface area contributed by atoms with Crippen LogP contribution in [0.1, 0.15) is 41.0 Å². The van der Waals surface area contributed by atoms with Gasteiger partial charge in [-0.15, -0.1) is 0 Å². The second-order valence-electron chi connectivity index (χ2n) is 6.59.